The van der Waals surface area contributed by atoms with E-state index in [1.807, 2.05) is 0 Å². The fourth-order valence-corrected chi connectivity index (χ4v) is 2.10. The highest BCUT2D eigenvalue weighted by Gasteiger charge is 2.30. The zero-order valence-electron chi connectivity index (χ0n) is 11.7. The second-order valence-corrected chi connectivity index (χ2v) is 4.82. The molecule has 118 valence electrons. The van der Waals surface area contributed by atoms with Crippen LogP contribution < -0.4 is 10.1 Å². The summed E-state index contributed by atoms with van der Waals surface area (Å²) in [6.45, 7) is 5.85. The molecule has 1 saturated heterocycles. The van der Waals surface area contributed by atoms with Crippen LogP contribution in [0.5, 0.6) is 5.75 Å². The van der Waals surface area contributed by atoms with Crippen LogP contribution in [0, 0.1) is 0 Å². The van der Waals surface area contributed by atoms with Crippen molar-refractivity contribution in [2.75, 3.05) is 39.4 Å². The molecule has 1 aliphatic heterocycles. The van der Waals surface area contributed by atoms with Gasteiger partial charge >= 0.3 is 6.36 Å². The highest BCUT2D eigenvalue weighted by atomic mass is 19.4. The Hall–Kier alpha value is -1.31. The van der Waals surface area contributed by atoms with E-state index in [1.54, 1.807) is 12.1 Å². The van der Waals surface area contributed by atoms with Gasteiger partial charge in [0.2, 0.25) is 0 Å². The van der Waals surface area contributed by atoms with Crippen molar-refractivity contribution in [3.8, 4) is 5.75 Å². The first-order chi connectivity index (χ1) is 10.0. The molecule has 0 unspecified atom stereocenters. The van der Waals surface area contributed by atoms with E-state index in [0.717, 1.165) is 45.0 Å². The van der Waals surface area contributed by atoms with Gasteiger partial charge in [0, 0.05) is 32.7 Å². The van der Waals surface area contributed by atoms with E-state index in [0.29, 0.717) is 6.54 Å². The van der Waals surface area contributed by atoms with Crippen LogP contribution >= 0.6 is 0 Å². The molecule has 1 fully saturated rings. The van der Waals surface area contributed by atoms with Crippen LogP contribution in [-0.2, 0) is 11.3 Å². The molecule has 0 amide bonds. The maximum atomic E-state index is 12.0. The number of ether oxygens (including phenoxy) is 2. The van der Waals surface area contributed by atoms with Gasteiger partial charge in [-0.2, -0.15) is 0 Å². The molecule has 21 heavy (non-hydrogen) atoms. The number of hydrogen-bond acceptors (Lipinski definition) is 4. The minimum atomic E-state index is -4.64. The third kappa shape index (κ3) is 6.33. The number of nitrogens with zero attached hydrogens (tertiary/aromatic N) is 1. The molecule has 1 aromatic rings. The van der Waals surface area contributed by atoms with Crippen molar-refractivity contribution in [1.29, 1.82) is 0 Å². The molecular weight excluding hydrogens is 285 g/mol. The minimum absolute atomic E-state index is 0.195. The predicted octanol–water partition coefficient (Wildman–Crippen LogP) is 2.01. The second kappa shape index (κ2) is 7.63. The summed E-state index contributed by atoms with van der Waals surface area (Å²) in [4.78, 5) is 2.32. The Morgan fingerprint density at radius 3 is 2.43 bits per heavy atom. The molecule has 0 bridgehead atoms. The number of benzene rings is 1. The Bertz CT molecular complexity index is 417. The number of alkyl halides is 3. The number of nitrogens with one attached hydrogen (secondary N) is 1. The largest absolute Gasteiger partial charge is 0.573 e. The van der Waals surface area contributed by atoms with Crippen LogP contribution in [0.3, 0.4) is 0 Å². The third-order valence-corrected chi connectivity index (χ3v) is 3.19. The fourth-order valence-electron chi connectivity index (χ4n) is 2.10. The molecule has 0 radical (unpaired) electrons. The van der Waals surface area contributed by atoms with E-state index in [4.69, 9.17) is 4.74 Å². The van der Waals surface area contributed by atoms with E-state index in [1.165, 1.54) is 12.1 Å². The van der Waals surface area contributed by atoms with Crippen molar-refractivity contribution in [1.82, 2.24) is 10.2 Å². The van der Waals surface area contributed by atoms with Crippen LogP contribution in [0.2, 0.25) is 0 Å². The van der Waals surface area contributed by atoms with Crippen molar-refractivity contribution in [3.05, 3.63) is 29.8 Å². The smallest absolute Gasteiger partial charge is 0.406 e. The minimum Gasteiger partial charge on any atom is -0.406 e. The number of morpholine rings is 1. The van der Waals surface area contributed by atoms with Gasteiger partial charge in [0.15, 0.2) is 0 Å². The zero-order chi connectivity index (χ0) is 15.1. The SMILES string of the molecule is FC(F)(F)Oc1ccc(CNCCN2CCOCC2)cc1. The van der Waals surface area contributed by atoms with Gasteiger partial charge in [-0.05, 0) is 17.7 Å². The van der Waals surface area contributed by atoms with Crippen LogP contribution in [0.4, 0.5) is 13.2 Å². The molecule has 1 aliphatic rings. The Morgan fingerprint density at radius 2 is 1.81 bits per heavy atom. The first-order valence-electron chi connectivity index (χ1n) is 6.88. The summed E-state index contributed by atoms with van der Waals surface area (Å²) < 4.78 is 45.1. The van der Waals surface area contributed by atoms with E-state index >= 15 is 0 Å². The summed E-state index contributed by atoms with van der Waals surface area (Å²) in [5, 5.41) is 3.27. The van der Waals surface area contributed by atoms with Crippen molar-refractivity contribution in [2.45, 2.75) is 12.9 Å². The first kappa shape index (κ1) is 16.1. The fraction of sp³-hybridized carbons (Fsp3) is 0.571. The van der Waals surface area contributed by atoms with Crippen molar-refractivity contribution in [2.24, 2.45) is 0 Å². The van der Waals surface area contributed by atoms with Crippen molar-refractivity contribution in [3.63, 3.8) is 0 Å². The van der Waals surface area contributed by atoms with Crippen LogP contribution in [-0.4, -0.2) is 50.7 Å². The summed E-state index contributed by atoms with van der Waals surface area (Å²) in [7, 11) is 0. The van der Waals surface area contributed by atoms with Gasteiger partial charge in [-0.3, -0.25) is 4.90 Å². The van der Waals surface area contributed by atoms with Gasteiger partial charge in [0.1, 0.15) is 5.75 Å². The lowest BCUT2D eigenvalue weighted by molar-refractivity contribution is -0.274. The second-order valence-electron chi connectivity index (χ2n) is 4.82. The summed E-state index contributed by atoms with van der Waals surface area (Å²) in [6.07, 6.45) is -4.64. The Morgan fingerprint density at radius 1 is 1.14 bits per heavy atom. The van der Waals surface area contributed by atoms with Crippen LogP contribution in [0.1, 0.15) is 5.56 Å². The van der Waals surface area contributed by atoms with E-state index in [9.17, 15) is 13.2 Å². The maximum Gasteiger partial charge on any atom is 0.573 e. The Labute approximate surface area is 121 Å². The summed E-state index contributed by atoms with van der Waals surface area (Å²) in [6, 6.07) is 5.91. The van der Waals surface area contributed by atoms with Gasteiger partial charge in [0.05, 0.1) is 13.2 Å². The predicted molar refractivity (Wildman–Crippen MR) is 72.1 cm³/mol. The molecule has 7 heteroatoms. The molecule has 0 atom stereocenters. The number of rotatable bonds is 6. The maximum absolute atomic E-state index is 12.0. The van der Waals surface area contributed by atoms with E-state index in [-0.39, 0.29) is 5.75 Å². The Balaban J connectivity index is 1.66. The number of hydrogen-bond donors (Lipinski definition) is 1. The molecule has 0 saturated carbocycles. The molecule has 1 aromatic carbocycles. The van der Waals surface area contributed by atoms with Gasteiger partial charge < -0.3 is 14.8 Å². The lowest BCUT2D eigenvalue weighted by Gasteiger charge is -2.26. The van der Waals surface area contributed by atoms with Crippen molar-refractivity contribution < 1.29 is 22.6 Å². The standard InChI is InChI=1S/C14H19F3N2O2/c15-14(16,17)21-13-3-1-12(2-4-13)11-18-5-6-19-7-9-20-10-8-19/h1-4,18H,5-11H2. The number of halogens is 3. The third-order valence-electron chi connectivity index (χ3n) is 3.19. The van der Waals surface area contributed by atoms with Crippen molar-refractivity contribution >= 4 is 0 Å². The molecule has 4 nitrogen and oxygen atoms in total. The average molecular weight is 304 g/mol. The highest BCUT2D eigenvalue weighted by molar-refractivity contribution is 5.27. The molecular formula is C14H19F3N2O2. The molecule has 0 spiro atoms. The molecule has 0 aromatic heterocycles. The summed E-state index contributed by atoms with van der Waals surface area (Å²) in [5.74, 6) is -0.195. The van der Waals surface area contributed by atoms with Gasteiger partial charge in [-0.15, -0.1) is 13.2 Å². The Kier molecular flexibility index (Phi) is 5.84. The molecule has 0 aliphatic carbocycles. The topological polar surface area (TPSA) is 33.7 Å². The zero-order valence-corrected chi connectivity index (χ0v) is 11.7. The van der Waals surface area contributed by atoms with Crippen LogP contribution in [0.25, 0.3) is 0 Å². The van der Waals surface area contributed by atoms with E-state index in [2.05, 4.69) is 15.0 Å². The molecule has 1 heterocycles. The molecule has 2 rings (SSSR count). The van der Waals surface area contributed by atoms with Gasteiger partial charge in [0.25, 0.3) is 0 Å². The highest BCUT2D eigenvalue weighted by Crippen LogP contribution is 2.22. The normalized spacial score (nSPS) is 16.9. The monoisotopic (exact) mass is 304 g/mol. The molecule has 1 N–H and O–H groups in total. The lowest BCUT2D eigenvalue weighted by Crippen LogP contribution is -2.40. The summed E-state index contributed by atoms with van der Waals surface area (Å²) >= 11 is 0. The van der Waals surface area contributed by atoms with E-state index < -0.39 is 6.36 Å². The van der Waals surface area contributed by atoms with Gasteiger partial charge in [-0.25, -0.2) is 0 Å². The summed E-state index contributed by atoms with van der Waals surface area (Å²) in [5.41, 5.74) is 0.923. The lowest BCUT2D eigenvalue weighted by atomic mass is 10.2. The average Bonchev–Trinajstić information content (AvgIpc) is 2.45. The van der Waals surface area contributed by atoms with Crippen LogP contribution in [0.15, 0.2) is 24.3 Å². The first-order valence-corrected chi connectivity index (χ1v) is 6.88. The quantitative estimate of drug-likeness (QED) is 0.815. The van der Waals surface area contributed by atoms with Gasteiger partial charge in [-0.1, -0.05) is 12.1 Å².